The van der Waals surface area contributed by atoms with Crippen LogP contribution in [0.1, 0.15) is 22.7 Å². The van der Waals surface area contributed by atoms with E-state index in [2.05, 4.69) is 14.8 Å². The quantitative estimate of drug-likeness (QED) is 0.558. The summed E-state index contributed by atoms with van der Waals surface area (Å²) in [5, 5.41) is 17.7. The molecule has 0 aliphatic heterocycles. The largest absolute Gasteiger partial charge is 0.481 e. The van der Waals surface area contributed by atoms with E-state index in [0.717, 1.165) is 16.7 Å². The Kier molecular flexibility index (Phi) is 5.90. The molecule has 2 aromatic carbocycles. The highest BCUT2D eigenvalue weighted by molar-refractivity contribution is 6.30. The predicted molar refractivity (Wildman–Crippen MR) is 101 cm³/mol. The van der Waals surface area contributed by atoms with Crippen LogP contribution in [0, 0.1) is 0 Å². The van der Waals surface area contributed by atoms with Gasteiger partial charge >= 0.3 is 23.5 Å². The van der Waals surface area contributed by atoms with Crippen molar-refractivity contribution in [3.05, 3.63) is 75.6 Å². The summed E-state index contributed by atoms with van der Waals surface area (Å²) >= 11 is 6.01. The summed E-state index contributed by atoms with van der Waals surface area (Å²) in [5.41, 5.74) is 2.76. The molecule has 9 heteroatoms. The molecule has 3 rings (SSSR count). The summed E-state index contributed by atoms with van der Waals surface area (Å²) in [7, 11) is 0. The SMILES string of the molecule is O=C(O)CC(Cc1ccc(-c2cccc(Cl)c2)cc1)NC(=O)c1n[nH]c(=O)o1. The van der Waals surface area contributed by atoms with E-state index in [1.807, 2.05) is 47.6 Å². The second-order valence-electron chi connectivity index (χ2n) is 6.10. The molecule has 3 aromatic rings. The summed E-state index contributed by atoms with van der Waals surface area (Å²) < 4.78 is 4.58. The van der Waals surface area contributed by atoms with E-state index in [0.29, 0.717) is 5.02 Å². The number of carboxylic acid groups (broad SMARTS) is 1. The number of rotatable bonds is 7. The van der Waals surface area contributed by atoms with E-state index in [-0.39, 0.29) is 12.8 Å². The van der Waals surface area contributed by atoms with Crippen LogP contribution in [0.3, 0.4) is 0 Å². The highest BCUT2D eigenvalue weighted by Gasteiger charge is 2.21. The van der Waals surface area contributed by atoms with Gasteiger partial charge in [0.05, 0.1) is 6.42 Å². The van der Waals surface area contributed by atoms with Gasteiger partial charge in [0.1, 0.15) is 0 Å². The Balaban J connectivity index is 1.72. The zero-order valence-corrected chi connectivity index (χ0v) is 15.3. The van der Waals surface area contributed by atoms with Crippen LogP contribution in [0.25, 0.3) is 11.1 Å². The van der Waals surface area contributed by atoms with Crippen LogP contribution in [-0.4, -0.2) is 33.2 Å². The summed E-state index contributed by atoms with van der Waals surface area (Å²) in [6.45, 7) is 0. The molecular formula is C19H16ClN3O5. The van der Waals surface area contributed by atoms with Crippen LogP contribution < -0.4 is 11.1 Å². The molecule has 1 amide bonds. The van der Waals surface area contributed by atoms with E-state index >= 15 is 0 Å². The Morgan fingerprint density at radius 1 is 1.18 bits per heavy atom. The van der Waals surface area contributed by atoms with Crippen LogP contribution in [0.5, 0.6) is 0 Å². The number of aromatic nitrogens is 2. The fourth-order valence-electron chi connectivity index (χ4n) is 2.74. The number of aliphatic carboxylic acids is 1. The van der Waals surface area contributed by atoms with E-state index in [9.17, 15) is 14.4 Å². The topological polar surface area (TPSA) is 125 Å². The van der Waals surface area contributed by atoms with Crippen LogP contribution >= 0.6 is 11.6 Å². The van der Waals surface area contributed by atoms with Gasteiger partial charge in [0.25, 0.3) is 0 Å². The fraction of sp³-hybridized carbons (Fsp3) is 0.158. The van der Waals surface area contributed by atoms with Crippen LogP contribution in [0.4, 0.5) is 0 Å². The van der Waals surface area contributed by atoms with Crippen molar-refractivity contribution in [3.63, 3.8) is 0 Å². The van der Waals surface area contributed by atoms with E-state index in [1.165, 1.54) is 0 Å². The highest BCUT2D eigenvalue weighted by Crippen LogP contribution is 2.23. The lowest BCUT2D eigenvalue weighted by Gasteiger charge is -2.16. The molecule has 1 heterocycles. The number of hydrogen-bond donors (Lipinski definition) is 3. The molecule has 0 aliphatic carbocycles. The molecule has 0 saturated carbocycles. The van der Waals surface area contributed by atoms with Crippen molar-refractivity contribution >= 4 is 23.5 Å². The zero-order valence-electron chi connectivity index (χ0n) is 14.5. The average molecular weight is 402 g/mol. The van der Waals surface area contributed by atoms with Crippen molar-refractivity contribution in [2.24, 2.45) is 0 Å². The normalized spacial score (nSPS) is 11.8. The first kappa shape index (κ1) is 19.4. The van der Waals surface area contributed by atoms with Gasteiger partial charge in [-0.3, -0.25) is 9.59 Å². The molecule has 0 bridgehead atoms. The number of carboxylic acids is 1. The van der Waals surface area contributed by atoms with Crippen molar-refractivity contribution in [1.82, 2.24) is 15.5 Å². The first-order chi connectivity index (χ1) is 13.4. The molecule has 1 aromatic heterocycles. The van der Waals surface area contributed by atoms with Crippen molar-refractivity contribution in [1.29, 1.82) is 0 Å². The summed E-state index contributed by atoms with van der Waals surface area (Å²) in [5.74, 6) is -3.14. The van der Waals surface area contributed by atoms with Gasteiger partial charge in [0.15, 0.2) is 0 Å². The van der Waals surface area contributed by atoms with Gasteiger partial charge < -0.3 is 14.8 Å². The maximum atomic E-state index is 12.1. The van der Waals surface area contributed by atoms with Gasteiger partial charge in [-0.15, -0.1) is 5.10 Å². The standard InChI is InChI=1S/C19H16ClN3O5/c20-14-3-1-2-13(9-14)12-6-4-11(5-7-12)8-15(10-16(24)25)21-17(26)18-22-23-19(27)28-18/h1-7,9,15H,8,10H2,(H,21,26)(H,23,27)(H,24,25). The Morgan fingerprint density at radius 2 is 1.93 bits per heavy atom. The maximum absolute atomic E-state index is 12.1. The first-order valence-electron chi connectivity index (χ1n) is 8.34. The lowest BCUT2D eigenvalue weighted by Crippen LogP contribution is -2.38. The molecule has 0 radical (unpaired) electrons. The van der Waals surface area contributed by atoms with Gasteiger partial charge in [-0.05, 0) is 35.2 Å². The van der Waals surface area contributed by atoms with Crippen LogP contribution in [0.2, 0.25) is 5.02 Å². The van der Waals surface area contributed by atoms with Gasteiger partial charge in [0, 0.05) is 11.1 Å². The van der Waals surface area contributed by atoms with Crippen molar-refractivity contribution in [3.8, 4) is 11.1 Å². The molecule has 0 saturated heterocycles. The van der Waals surface area contributed by atoms with E-state index in [1.54, 1.807) is 6.07 Å². The molecule has 1 atom stereocenters. The predicted octanol–water partition coefficient (Wildman–Crippen LogP) is 2.50. The Morgan fingerprint density at radius 3 is 2.54 bits per heavy atom. The third-order valence-corrected chi connectivity index (χ3v) is 4.22. The number of H-pyrrole nitrogens is 1. The van der Waals surface area contributed by atoms with Crippen molar-refractivity contribution < 1.29 is 19.1 Å². The summed E-state index contributed by atoms with van der Waals surface area (Å²) in [6.07, 6.45) is -0.0149. The minimum absolute atomic E-state index is 0.280. The second kappa shape index (κ2) is 8.53. The number of hydrogen-bond acceptors (Lipinski definition) is 5. The number of benzene rings is 2. The number of carbonyl (C=O) groups excluding carboxylic acids is 1. The number of carbonyl (C=O) groups is 2. The zero-order chi connectivity index (χ0) is 20.1. The fourth-order valence-corrected chi connectivity index (χ4v) is 2.94. The Bertz CT molecular complexity index is 1040. The molecule has 8 nitrogen and oxygen atoms in total. The monoisotopic (exact) mass is 401 g/mol. The van der Waals surface area contributed by atoms with E-state index in [4.69, 9.17) is 16.7 Å². The average Bonchev–Trinajstić information content (AvgIpc) is 3.08. The molecule has 144 valence electrons. The van der Waals surface area contributed by atoms with Gasteiger partial charge in [-0.2, -0.15) is 0 Å². The minimum Gasteiger partial charge on any atom is -0.481 e. The van der Waals surface area contributed by atoms with Crippen LogP contribution in [-0.2, 0) is 11.2 Å². The number of halogens is 1. The van der Waals surface area contributed by atoms with Gasteiger partial charge in [-0.1, -0.05) is 48.0 Å². The summed E-state index contributed by atoms with van der Waals surface area (Å²) in [6, 6.07) is 14.2. The number of aromatic amines is 1. The van der Waals surface area contributed by atoms with Crippen molar-refractivity contribution in [2.75, 3.05) is 0 Å². The Hall–Kier alpha value is -3.39. The molecule has 0 aliphatic rings. The summed E-state index contributed by atoms with van der Waals surface area (Å²) in [4.78, 5) is 34.2. The molecule has 3 N–H and O–H groups in total. The number of nitrogens with zero attached hydrogens (tertiary/aromatic N) is 1. The van der Waals surface area contributed by atoms with Crippen molar-refractivity contribution in [2.45, 2.75) is 18.9 Å². The smallest absolute Gasteiger partial charge is 0.434 e. The number of amides is 1. The molecule has 0 spiro atoms. The maximum Gasteiger partial charge on any atom is 0.434 e. The van der Waals surface area contributed by atoms with Gasteiger partial charge in [-0.25, -0.2) is 9.89 Å². The lowest BCUT2D eigenvalue weighted by molar-refractivity contribution is -0.137. The van der Waals surface area contributed by atoms with Crippen LogP contribution in [0.15, 0.2) is 57.7 Å². The molecule has 0 fully saturated rings. The van der Waals surface area contributed by atoms with Gasteiger partial charge in [0.2, 0.25) is 0 Å². The molecule has 28 heavy (non-hydrogen) atoms. The third-order valence-electron chi connectivity index (χ3n) is 3.98. The Labute approximate surface area is 164 Å². The third kappa shape index (κ3) is 5.08. The molecule has 1 unspecified atom stereocenters. The minimum atomic E-state index is -1.07. The number of nitrogens with one attached hydrogen (secondary N) is 2. The molecular weight excluding hydrogens is 386 g/mol. The second-order valence-corrected chi connectivity index (χ2v) is 6.53. The highest BCUT2D eigenvalue weighted by atomic mass is 35.5. The first-order valence-corrected chi connectivity index (χ1v) is 8.71. The lowest BCUT2D eigenvalue weighted by atomic mass is 9.99. The van der Waals surface area contributed by atoms with E-state index < -0.39 is 29.6 Å².